The zero-order valence-corrected chi connectivity index (χ0v) is 13.7. The fourth-order valence-electron chi connectivity index (χ4n) is 3.63. The Hall–Kier alpha value is -1.40. The quantitative estimate of drug-likeness (QED) is 0.872. The van der Waals surface area contributed by atoms with Crippen molar-refractivity contribution >= 4 is 16.5 Å². The number of rotatable bonds is 3. The zero-order valence-electron chi connectivity index (χ0n) is 12.9. The predicted octanol–water partition coefficient (Wildman–Crippen LogP) is 2.78. The van der Waals surface area contributed by atoms with E-state index >= 15 is 0 Å². The van der Waals surface area contributed by atoms with Crippen LogP contribution >= 0.6 is 11.3 Å². The van der Waals surface area contributed by atoms with Crippen LogP contribution < -0.4 is 4.90 Å². The predicted molar refractivity (Wildman–Crippen MR) is 89.9 cm³/mol. The first kappa shape index (κ1) is 14.2. The number of hydrogen-bond donors (Lipinski definition) is 0. The third kappa shape index (κ3) is 2.90. The van der Waals surface area contributed by atoms with Crippen molar-refractivity contribution in [1.82, 2.24) is 19.7 Å². The molecule has 1 aliphatic carbocycles. The Kier molecular flexibility index (Phi) is 4.12. The molecule has 0 bridgehead atoms. The number of nitrogens with zero attached hydrogens (tertiary/aromatic N) is 5. The van der Waals surface area contributed by atoms with Crippen LogP contribution in [-0.4, -0.2) is 51.9 Å². The molecule has 0 atom stereocenters. The van der Waals surface area contributed by atoms with Gasteiger partial charge in [-0.3, -0.25) is 9.47 Å². The van der Waals surface area contributed by atoms with Crippen LogP contribution in [0.5, 0.6) is 0 Å². The van der Waals surface area contributed by atoms with E-state index in [4.69, 9.17) is 0 Å². The third-order valence-corrected chi connectivity index (χ3v) is 5.90. The molecular weight excluding hydrogens is 294 g/mol. The zero-order chi connectivity index (χ0) is 14.8. The molecule has 22 heavy (non-hydrogen) atoms. The van der Waals surface area contributed by atoms with Crippen molar-refractivity contribution in [2.24, 2.45) is 0 Å². The summed E-state index contributed by atoms with van der Waals surface area (Å²) in [6, 6.07) is 4.87. The lowest BCUT2D eigenvalue weighted by molar-refractivity contribution is 0.148. The van der Waals surface area contributed by atoms with Crippen molar-refractivity contribution in [2.75, 3.05) is 31.1 Å². The molecule has 0 unspecified atom stereocenters. The molecule has 1 saturated heterocycles. The second-order valence-corrected chi connectivity index (χ2v) is 7.21. The van der Waals surface area contributed by atoms with Gasteiger partial charge < -0.3 is 4.90 Å². The van der Waals surface area contributed by atoms with E-state index in [1.165, 1.54) is 45.2 Å². The van der Waals surface area contributed by atoms with Crippen molar-refractivity contribution in [3.05, 3.63) is 24.5 Å². The van der Waals surface area contributed by atoms with E-state index in [0.29, 0.717) is 0 Å². The smallest absolute Gasteiger partial charge is 0.218 e. The van der Waals surface area contributed by atoms with E-state index in [2.05, 4.69) is 20.0 Å². The highest BCUT2D eigenvalue weighted by atomic mass is 32.1. The summed E-state index contributed by atoms with van der Waals surface area (Å²) < 4.78 is 2.03. The molecular formula is C16H23N5S. The molecule has 2 aromatic heterocycles. The summed E-state index contributed by atoms with van der Waals surface area (Å²) >= 11 is 1.68. The second kappa shape index (κ2) is 6.38. The summed E-state index contributed by atoms with van der Waals surface area (Å²) in [4.78, 5) is 5.09. The molecule has 0 radical (unpaired) electrons. The Morgan fingerprint density at radius 2 is 1.55 bits per heavy atom. The summed E-state index contributed by atoms with van der Waals surface area (Å²) in [6.45, 7) is 4.50. The average molecular weight is 317 g/mol. The standard InChI is InChI=1S/C16H23N5S/c1-2-6-14(7-3-1)19-10-12-21(13-11-19)16-18-17-15(22-16)20-8-4-5-9-20/h4-5,8-9,14H,1-3,6-7,10-13H2. The van der Waals surface area contributed by atoms with Gasteiger partial charge in [-0.1, -0.05) is 30.6 Å². The lowest BCUT2D eigenvalue weighted by Gasteiger charge is -2.40. The highest BCUT2D eigenvalue weighted by Gasteiger charge is 2.26. The molecule has 0 amide bonds. The maximum absolute atomic E-state index is 4.39. The maximum atomic E-state index is 4.39. The summed E-state index contributed by atoms with van der Waals surface area (Å²) in [5, 5.41) is 10.7. The molecule has 118 valence electrons. The minimum atomic E-state index is 0.834. The van der Waals surface area contributed by atoms with Crippen LogP contribution in [0.2, 0.25) is 0 Å². The topological polar surface area (TPSA) is 37.2 Å². The summed E-state index contributed by atoms with van der Waals surface area (Å²) in [5.41, 5.74) is 0. The summed E-state index contributed by atoms with van der Waals surface area (Å²) in [7, 11) is 0. The SMILES string of the molecule is c1ccn(-c2nnc(N3CCN(C4CCCCC4)CC3)s2)c1. The van der Waals surface area contributed by atoms with E-state index in [1.807, 2.05) is 29.1 Å². The van der Waals surface area contributed by atoms with Gasteiger partial charge in [0.2, 0.25) is 10.3 Å². The van der Waals surface area contributed by atoms with Crippen LogP contribution in [0, 0.1) is 0 Å². The van der Waals surface area contributed by atoms with Crippen LogP contribution in [-0.2, 0) is 0 Å². The molecule has 0 N–H and O–H groups in total. The Morgan fingerprint density at radius 1 is 0.864 bits per heavy atom. The third-order valence-electron chi connectivity index (χ3n) is 4.90. The molecule has 1 saturated carbocycles. The summed E-state index contributed by atoms with van der Waals surface area (Å²) in [6.07, 6.45) is 11.1. The lowest BCUT2D eigenvalue weighted by atomic mass is 9.94. The molecule has 2 aliphatic rings. The van der Waals surface area contributed by atoms with Crippen molar-refractivity contribution in [3.8, 4) is 5.13 Å². The van der Waals surface area contributed by atoms with Crippen LogP contribution in [0.15, 0.2) is 24.5 Å². The van der Waals surface area contributed by atoms with Crippen molar-refractivity contribution in [2.45, 2.75) is 38.1 Å². The summed E-state index contributed by atoms with van der Waals surface area (Å²) in [5.74, 6) is 0. The van der Waals surface area contributed by atoms with E-state index in [1.54, 1.807) is 11.3 Å². The number of piperazine rings is 1. The van der Waals surface area contributed by atoms with Crippen LogP contribution in [0.3, 0.4) is 0 Å². The molecule has 1 aliphatic heterocycles. The highest BCUT2D eigenvalue weighted by molar-refractivity contribution is 7.17. The van der Waals surface area contributed by atoms with E-state index in [9.17, 15) is 0 Å². The Balaban J connectivity index is 1.37. The minimum Gasteiger partial charge on any atom is -0.344 e. The highest BCUT2D eigenvalue weighted by Crippen LogP contribution is 2.27. The van der Waals surface area contributed by atoms with Gasteiger partial charge in [0.1, 0.15) is 0 Å². The average Bonchev–Trinajstić information content (AvgIpc) is 3.27. The Morgan fingerprint density at radius 3 is 2.27 bits per heavy atom. The van der Waals surface area contributed by atoms with Crippen LogP contribution in [0.25, 0.3) is 5.13 Å². The molecule has 3 heterocycles. The van der Waals surface area contributed by atoms with Gasteiger partial charge in [-0.15, -0.1) is 10.2 Å². The number of aromatic nitrogens is 3. The maximum Gasteiger partial charge on any atom is 0.218 e. The molecule has 6 heteroatoms. The van der Waals surface area contributed by atoms with Gasteiger partial charge >= 0.3 is 0 Å². The fourth-order valence-corrected chi connectivity index (χ4v) is 4.49. The van der Waals surface area contributed by atoms with Gasteiger partial charge in [0.25, 0.3) is 0 Å². The van der Waals surface area contributed by atoms with Gasteiger partial charge in [0.15, 0.2) is 0 Å². The first-order chi connectivity index (χ1) is 10.9. The van der Waals surface area contributed by atoms with Gasteiger partial charge in [-0.05, 0) is 25.0 Å². The van der Waals surface area contributed by atoms with Gasteiger partial charge in [-0.25, -0.2) is 0 Å². The molecule has 0 aromatic carbocycles. The largest absolute Gasteiger partial charge is 0.344 e. The van der Waals surface area contributed by atoms with Crippen molar-refractivity contribution in [1.29, 1.82) is 0 Å². The Bertz CT molecular complexity index is 579. The van der Waals surface area contributed by atoms with Gasteiger partial charge in [0.05, 0.1) is 0 Å². The van der Waals surface area contributed by atoms with E-state index < -0.39 is 0 Å². The first-order valence-electron chi connectivity index (χ1n) is 8.36. The first-order valence-corrected chi connectivity index (χ1v) is 9.18. The monoisotopic (exact) mass is 317 g/mol. The van der Waals surface area contributed by atoms with E-state index in [-0.39, 0.29) is 0 Å². The van der Waals surface area contributed by atoms with Crippen molar-refractivity contribution in [3.63, 3.8) is 0 Å². The molecule has 0 spiro atoms. The molecule has 5 nitrogen and oxygen atoms in total. The Labute approximate surface area is 135 Å². The van der Waals surface area contributed by atoms with E-state index in [0.717, 1.165) is 29.4 Å². The number of hydrogen-bond acceptors (Lipinski definition) is 5. The fraction of sp³-hybridized carbons (Fsp3) is 0.625. The lowest BCUT2D eigenvalue weighted by Crippen LogP contribution is -2.50. The minimum absolute atomic E-state index is 0.834. The normalized spacial score (nSPS) is 21.4. The second-order valence-electron chi connectivity index (χ2n) is 6.27. The molecule has 2 aromatic rings. The van der Waals surface area contributed by atoms with Crippen LogP contribution in [0.4, 0.5) is 5.13 Å². The molecule has 2 fully saturated rings. The van der Waals surface area contributed by atoms with Gasteiger partial charge in [0, 0.05) is 44.6 Å². The molecule has 4 rings (SSSR count). The number of anilines is 1. The van der Waals surface area contributed by atoms with Gasteiger partial charge in [-0.2, -0.15) is 0 Å². The van der Waals surface area contributed by atoms with Crippen LogP contribution in [0.1, 0.15) is 32.1 Å². The van der Waals surface area contributed by atoms with Crippen molar-refractivity contribution < 1.29 is 0 Å².